The Balaban J connectivity index is 2.23. The number of aromatic nitrogens is 5. The third-order valence-electron chi connectivity index (χ3n) is 3.88. The highest BCUT2D eigenvalue weighted by Crippen LogP contribution is 2.23. The Hall–Kier alpha value is -2.50. The molecule has 0 unspecified atom stereocenters. The fourth-order valence-electron chi connectivity index (χ4n) is 2.76. The van der Waals surface area contributed by atoms with E-state index >= 15 is 0 Å². The van der Waals surface area contributed by atoms with Crippen LogP contribution in [0.1, 0.15) is 31.3 Å². The molecular formula is C16H19N5O. The van der Waals surface area contributed by atoms with Gasteiger partial charge in [0.05, 0.1) is 23.3 Å². The molecule has 3 rings (SSSR count). The van der Waals surface area contributed by atoms with Crippen LogP contribution in [0, 0.1) is 12.8 Å². The summed E-state index contributed by atoms with van der Waals surface area (Å²) in [4.78, 5) is 21.6. The van der Waals surface area contributed by atoms with Crippen molar-refractivity contribution in [1.29, 1.82) is 0 Å². The molecule has 0 radical (unpaired) electrons. The predicted octanol–water partition coefficient (Wildman–Crippen LogP) is 2.08. The average Bonchev–Trinajstić information content (AvgIpc) is 2.87. The van der Waals surface area contributed by atoms with E-state index in [0.29, 0.717) is 5.39 Å². The zero-order chi connectivity index (χ0) is 15.9. The molecule has 1 aromatic carbocycles. The van der Waals surface area contributed by atoms with E-state index in [-0.39, 0.29) is 17.5 Å². The van der Waals surface area contributed by atoms with E-state index in [9.17, 15) is 4.79 Å². The zero-order valence-corrected chi connectivity index (χ0v) is 13.2. The van der Waals surface area contributed by atoms with Crippen molar-refractivity contribution in [2.24, 2.45) is 13.0 Å². The maximum atomic E-state index is 12.9. The molecule has 6 heteroatoms. The van der Waals surface area contributed by atoms with Crippen LogP contribution in [-0.2, 0) is 7.05 Å². The summed E-state index contributed by atoms with van der Waals surface area (Å²) in [7, 11) is 1.83. The first-order chi connectivity index (χ1) is 10.5. The smallest absolute Gasteiger partial charge is 0.261 e. The van der Waals surface area contributed by atoms with Crippen molar-refractivity contribution >= 4 is 10.9 Å². The molecule has 2 heterocycles. The van der Waals surface area contributed by atoms with Crippen molar-refractivity contribution < 1.29 is 0 Å². The molecule has 22 heavy (non-hydrogen) atoms. The fourth-order valence-corrected chi connectivity index (χ4v) is 2.76. The van der Waals surface area contributed by atoms with E-state index < -0.39 is 0 Å². The average molecular weight is 297 g/mol. The van der Waals surface area contributed by atoms with E-state index in [0.717, 1.165) is 16.9 Å². The Kier molecular flexibility index (Phi) is 3.52. The highest BCUT2D eigenvalue weighted by Gasteiger charge is 2.24. The lowest BCUT2D eigenvalue weighted by molar-refractivity contribution is 0.392. The highest BCUT2D eigenvalue weighted by molar-refractivity contribution is 5.77. The second kappa shape index (κ2) is 5.36. The number of rotatable bonds is 3. The molecule has 0 aliphatic carbocycles. The maximum absolute atomic E-state index is 12.9. The summed E-state index contributed by atoms with van der Waals surface area (Å²) in [5.74, 6) is 0.940. The molecule has 0 fully saturated rings. The molecule has 0 aliphatic rings. The van der Waals surface area contributed by atoms with Gasteiger partial charge in [0.25, 0.3) is 5.56 Å². The summed E-state index contributed by atoms with van der Waals surface area (Å²) in [5, 5.41) is 4.74. The van der Waals surface area contributed by atoms with Crippen molar-refractivity contribution in [3.8, 4) is 0 Å². The van der Waals surface area contributed by atoms with Crippen LogP contribution >= 0.6 is 0 Å². The van der Waals surface area contributed by atoms with Crippen LogP contribution < -0.4 is 5.56 Å². The number of fused-ring (bicyclic) bond motifs is 1. The van der Waals surface area contributed by atoms with Gasteiger partial charge in [-0.15, -0.1) is 0 Å². The molecule has 0 N–H and O–H groups in total. The number of hydrogen-bond donors (Lipinski definition) is 0. The number of hydrogen-bond acceptors (Lipinski definition) is 4. The maximum Gasteiger partial charge on any atom is 0.261 e. The van der Waals surface area contributed by atoms with Crippen LogP contribution in [0.4, 0.5) is 0 Å². The van der Waals surface area contributed by atoms with Crippen molar-refractivity contribution in [2.45, 2.75) is 26.8 Å². The van der Waals surface area contributed by atoms with E-state index in [4.69, 9.17) is 0 Å². The number of benzene rings is 1. The molecule has 114 valence electrons. The minimum atomic E-state index is -0.196. The first-order valence-corrected chi connectivity index (χ1v) is 7.30. The molecule has 1 atom stereocenters. The van der Waals surface area contributed by atoms with Gasteiger partial charge in [-0.05, 0) is 30.5 Å². The van der Waals surface area contributed by atoms with Gasteiger partial charge in [-0.2, -0.15) is 5.10 Å². The van der Waals surface area contributed by atoms with Gasteiger partial charge >= 0.3 is 0 Å². The SMILES string of the molecule is Cc1ccc2c(=O)n([C@@H](c3ncnn3C)C(C)C)cnc2c1. The van der Waals surface area contributed by atoms with Gasteiger partial charge in [0.2, 0.25) is 0 Å². The minimum absolute atomic E-state index is 0.0494. The molecule has 0 aliphatic heterocycles. The number of aryl methyl sites for hydroxylation is 2. The Morgan fingerprint density at radius 1 is 1.18 bits per heavy atom. The van der Waals surface area contributed by atoms with E-state index in [1.54, 1.807) is 15.6 Å². The van der Waals surface area contributed by atoms with Crippen molar-refractivity contribution in [1.82, 2.24) is 24.3 Å². The fraction of sp³-hybridized carbons (Fsp3) is 0.375. The van der Waals surface area contributed by atoms with Gasteiger partial charge in [-0.3, -0.25) is 14.0 Å². The van der Waals surface area contributed by atoms with Crippen LogP contribution in [0.2, 0.25) is 0 Å². The highest BCUT2D eigenvalue weighted by atomic mass is 16.1. The van der Waals surface area contributed by atoms with Crippen molar-refractivity contribution in [3.05, 3.63) is 52.6 Å². The first kappa shape index (κ1) is 14.4. The molecule has 0 bridgehead atoms. The topological polar surface area (TPSA) is 65.6 Å². The lowest BCUT2D eigenvalue weighted by Crippen LogP contribution is -2.30. The van der Waals surface area contributed by atoms with Crippen LogP contribution in [-0.4, -0.2) is 24.3 Å². The molecule has 3 aromatic rings. The van der Waals surface area contributed by atoms with E-state index in [2.05, 4.69) is 28.9 Å². The second-order valence-corrected chi connectivity index (χ2v) is 5.91. The largest absolute Gasteiger partial charge is 0.288 e. The third kappa shape index (κ3) is 2.30. The Morgan fingerprint density at radius 2 is 1.95 bits per heavy atom. The van der Waals surface area contributed by atoms with Crippen LogP contribution in [0.5, 0.6) is 0 Å². The van der Waals surface area contributed by atoms with Crippen LogP contribution in [0.25, 0.3) is 10.9 Å². The molecule has 0 spiro atoms. The summed E-state index contributed by atoms with van der Waals surface area (Å²) in [6.45, 7) is 6.11. The summed E-state index contributed by atoms with van der Waals surface area (Å²) < 4.78 is 3.36. The summed E-state index contributed by atoms with van der Waals surface area (Å²) in [6.07, 6.45) is 3.12. The van der Waals surface area contributed by atoms with Crippen molar-refractivity contribution in [2.75, 3.05) is 0 Å². The second-order valence-electron chi connectivity index (χ2n) is 5.91. The van der Waals surface area contributed by atoms with Gasteiger partial charge < -0.3 is 0 Å². The molecule has 2 aromatic heterocycles. The van der Waals surface area contributed by atoms with Crippen LogP contribution in [0.3, 0.4) is 0 Å². The standard InChI is InChI=1S/C16H19N5O/c1-10(2)14(15-17-8-19-20(15)4)21-9-18-13-7-11(3)5-6-12(13)16(21)22/h5-10,14H,1-4H3/t14-/m1/s1. The Labute approximate surface area is 128 Å². The molecule has 0 saturated carbocycles. The molecule has 0 saturated heterocycles. The molecule has 6 nitrogen and oxygen atoms in total. The Bertz CT molecular complexity index is 878. The summed E-state index contributed by atoms with van der Waals surface area (Å²) >= 11 is 0. The van der Waals surface area contributed by atoms with Gasteiger partial charge in [-0.25, -0.2) is 9.97 Å². The van der Waals surface area contributed by atoms with Gasteiger partial charge in [-0.1, -0.05) is 19.9 Å². The van der Waals surface area contributed by atoms with E-state index in [1.165, 1.54) is 6.33 Å². The quantitative estimate of drug-likeness (QED) is 0.742. The Morgan fingerprint density at radius 3 is 2.59 bits per heavy atom. The molecular weight excluding hydrogens is 278 g/mol. The normalized spacial score (nSPS) is 13.0. The van der Waals surface area contributed by atoms with E-state index in [1.807, 2.05) is 32.2 Å². The number of nitrogens with zero attached hydrogens (tertiary/aromatic N) is 5. The monoisotopic (exact) mass is 297 g/mol. The lowest BCUT2D eigenvalue weighted by atomic mass is 10.0. The van der Waals surface area contributed by atoms with Crippen LogP contribution in [0.15, 0.2) is 35.6 Å². The predicted molar refractivity (Wildman–Crippen MR) is 84.7 cm³/mol. The third-order valence-corrected chi connectivity index (χ3v) is 3.88. The van der Waals surface area contributed by atoms with Gasteiger partial charge in [0.1, 0.15) is 12.2 Å². The minimum Gasteiger partial charge on any atom is -0.288 e. The summed E-state index contributed by atoms with van der Waals surface area (Å²) in [5.41, 5.74) is 1.76. The van der Waals surface area contributed by atoms with Crippen molar-refractivity contribution in [3.63, 3.8) is 0 Å². The van der Waals surface area contributed by atoms with Gasteiger partial charge in [0.15, 0.2) is 0 Å². The first-order valence-electron chi connectivity index (χ1n) is 7.30. The van der Waals surface area contributed by atoms with Gasteiger partial charge in [0, 0.05) is 7.05 Å². The summed E-state index contributed by atoms with van der Waals surface area (Å²) in [6, 6.07) is 5.50. The zero-order valence-electron chi connectivity index (χ0n) is 13.2. The molecule has 0 amide bonds. The lowest BCUT2D eigenvalue weighted by Gasteiger charge is -2.22.